The van der Waals surface area contributed by atoms with Crippen molar-refractivity contribution in [3.63, 3.8) is 0 Å². The van der Waals surface area contributed by atoms with Crippen molar-refractivity contribution < 1.29 is 31.8 Å². The van der Waals surface area contributed by atoms with Crippen molar-refractivity contribution in [2.24, 2.45) is 11.7 Å². The van der Waals surface area contributed by atoms with Gasteiger partial charge in [-0.25, -0.2) is 19.3 Å². The van der Waals surface area contributed by atoms with Crippen LogP contribution in [0.5, 0.6) is 0 Å². The minimum Gasteiger partial charge on any atom is -0.341 e. The molecule has 1 aliphatic carbocycles. The molecule has 12 heteroatoms. The highest BCUT2D eigenvalue weighted by Crippen LogP contribution is 2.55. The van der Waals surface area contributed by atoms with E-state index in [1.807, 2.05) is 0 Å². The molecule has 2 saturated heterocycles. The molecular weight excluding hydrogens is 518 g/mol. The molecule has 5 atom stereocenters. The molecule has 2 aromatic heterocycles. The number of nitrogens with zero attached hydrogens (tertiary/aromatic N) is 4. The fraction of sp³-hybridized carbons (Fsp3) is 0.519. The Morgan fingerprint density at radius 2 is 1.82 bits per heavy atom. The molecule has 0 bridgehead atoms. The largest absolute Gasteiger partial charge is 0.440 e. The summed E-state index contributed by atoms with van der Waals surface area (Å²) >= 11 is 0. The lowest BCUT2D eigenvalue weighted by molar-refractivity contribution is -0.342. The Hall–Kier alpha value is -2.93. The second-order valence-electron chi connectivity index (χ2n) is 10.8. The van der Waals surface area contributed by atoms with E-state index in [2.05, 4.69) is 15.0 Å². The molecular formula is C27H29F4N5O3. The number of nitrogens with two attached hydrogens (primary N) is 1. The lowest BCUT2D eigenvalue weighted by Gasteiger charge is -2.37. The lowest BCUT2D eigenvalue weighted by Crippen LogP contribution is -2.56. The third-order valence-corrected chi connectivity index (χ3v) is 7.87. The van der Waals surface area contributed by atoms with E-state index < -0.39 is 47.9 Å². The normalized spacial score (nSPS) is 30.0. The van der Waals surface area contributed by atoms with Crippen LogP contribution in [-0.4, -0.2) is 49.8 Å². The highest BCUT2D eigenvalue weighted by molar-refractivity contribution is 5.74. The van der Waals surface area contributed by atoms with Crippen molar-refractivity contribution in [2.45, 2.75) is 81.6 Å². The second-order valence-corrected chi connectivity index (χ2v) is 10.8. The fourth-order valence-electron chi connectivity index (χ4n) is 6.07. The van der Waals surface area contributed by atoms with Crippen LogP contribution in [0.1, 0.15) is 56.8 Å². The van der Waals surface area contributed by atoms with Crippen LogP contribution in [0.4, 0.5) is 17.6 Å². The van der Waals surface area contributed by atoms with Gasteiger partial charge in [0.25, 0.3) is 5.72 Å². The molecule has 6 rings (SSSR count). The summed E-state index contributed by atoms with van der Waals surface area (Å²) in [5, 5.41) is 0. The molecule has 3 aromatic rings. The summed E-state index contributed by atoms with van der Waals surface area (Å²) < 4.78 is 78.4. The van der Waals surface area contributed by atoms with Gasteiger partial charge in [-0.3, -0.25) is 4.57 Å². The van der Waals surface area contributed by atoms with Gasteiger partial charge in [0.15, 0.2) is 11.4 Å². The fourth-order valence-corrected chi connectivity index (χ4v) is 6.07. The van der Waals surface area contributed by atoms with E-state index in [0.717, 1.165) is 36.6 Å². The van der Waals surface area contributed by atoms with Crippen molar-refractivity contribution in [3.05, 3.63) is 60.1 Å². The summed E-state index contributed by atoms with van der Waals surface area (Å²) in [4.78, 5) is 12.8. The maximum atomic E-state index is 15.2. The number of aromatic nitrogens is 4. The lowest BCUT2D eigenvalue weighted by atomic mass is 9.95. The maximum absolute atomic E-state index is 15.2. The number of benzene rings is 1. The van der Waals surface area contributed by atoms with Crippen LogP contribution in [-0.2, 0) is 19.9 Å². The zero-order valence-corrected chi connectivity index (χ0v) is 21.4. The average molecular weight is 548 g/mol. The van der Waals surface area contributed by atoms with E-state index >= 15 is 13.2 Å². The summed E-state index contributed by atoms with van der Waals surface area (Å²) in [5.74, 6) is -1.68. The van der Waals surface area contributed by atoms with Crippen molar-refractivity contribution >= 4 is 17.2 Å². The van der Waals surface area contributed by atoms with Crippen molar-refractivity contribution in [3.8, 4) is 0 Å². The molecule has 3 aliphatic rings. The monoisotopic (exact) mass is 547 g/mol. The Balaban J connectivity index is 1.46. The summed E-state index contributed by atoms with van der Waals surface area (Å²) in [5.41, 5.74) is 4.20. The number of imidazole rings is 1. The van der Waals surface area contributed by atoms with E-state index in [9.17, 15) is 4.39 Å². The number of hydrogen-bond donors (Lipinski definition) is 1. The Morgan fingerprint density at radius 3 is 2.54 bits per heavy atom. The smallest absolute Gasteiger partial charge is 0.341 e. The van der Waals surface area contributed by atoms with Crippen molar-refractivity contribution in [2.75, 3.05) is 0 Å². The number of fused-ring (bicyclic) bond motifs is 2. The third kappa shape index (κ3) is 4.24. The van der Waals surface area contributed by atoms with Crippen LogP contribution in [0.15, 0.2) is 43.0 Å². The Bertz CT molecular complexity index is 1400. The van der Waals surface area contributed by atoms with E-state index in [-0.39, 0.29) is 22.6 Å². The molecule has 1 aromatic carbocycles. The van der Waals surface area contributed by atoms with E-state index in [0.29, 0.717) is 5.69 Å². The van der Waals surface area contributed by atoms with Crippen LogP contribution < -0.4 is 5.73 Å². The minimum absolute atomic E-state index is 0.0726. The van der Waals surface area contributed by atoms with Gasteiger partial charge in [-0.2, -0.15) is 13.2 Å². The minimum atomic E-state index is -4.98. The van der Waals surface area contributed by atoms with Crippen LogP contribution in [0, 0.1) is 11.7 Å². The zero-order valence-electron chi connectivity index (χ0n) is 21.4. The van der Waals surface area contributed by atoms with Gasteiger partial charge in [-0.15, -0.1) is 0 Å². The molecule has 208 valence electrons. The van der Waals surface area contributed by atoms with Crippen LogP contribution in [0.2, 0.25) is 0 Å². The van der Waals surface area contributed by atoms with Crippen LogP contribution >= 0.6 is 0 Å². The van der Waals surface area contributed by atoms with E-state index in [1.54, 1.807) is 6.07 Å². The summed E-state index contributed by atoms with van der Waals surface area (Å²) in [6.45, 7) is 3.08. The number of halogens is 4. The molecule has 3 fully saturated rings. The molecule has 1 saturated carbocycles. The predicted octanol–water partition coefficient (Wildman–Crippen LogP) is 5.00. The van der Waals surface area contributed by atoms with Gasteiger partial charge < -0.3 is 19.9 Å². The molecule has 8 nitrogen and oxygen atoms in total. The zero-order chi connectivity index (χ0) is 27.6. The highest BCUT2D eigenvalue weighted by atomic mass is 19.4. The average Bonchev–Trinajstić information content (AvgIpc) is 3.66. The molecule has 39 heavy (non-hydrogen) atoms. The van der Waals surface area contributed by atoms with Crippen LogP contribution in [0.3, 0.4) is 0 Å². The molecule has 2 N–H and O–H groups in total. The molecule has 0 spiro atoms. The third-order valence-electron chi connectivity index (χ3n) is 7.87. The number of ether oxygens (including phenoxy) is 3. The SMILES string of the molecule is CC1(C)OC2C(C=Cc3ccccc3F)OC(n3cnc4c(C(N)C5CCCC5)ncnc43)(C(F)(F)F)C2O1. The quantitative estimate of drug-likeness (QED) is 0.449. The van der Waals surface area contributed by atoms with Gasteiger partial charge in [0.1, 0.15) is 36.0 Å². The van der Waals surface area contributed by atoms with Gasteiger partial charge in [-0.1, -0.05) is 43.2 Å². The molecule has 5 unspecified atom stereocenters. The van der Waals surface area contributed by atoms with Crippen molar-refractivity contribution in [1.29, 1.82) is 0 Å². The first kappa shape index (κ1) is 26.3. The van der Waals surface area contributed by atoms with Gasteiger partial charge in [0, 0.05) is 5.56 Å². The molecule has 2 aliphatic heterocycles. The second kappa shape index (κ2) is 9.33. The Kier molecular flexibility index (Phi) is 6.29. The number of alkyl halides is 3. The number of rotatable bonds is 5. The Morgan fingerprint density at radius 1 is 1.08 bits per heavy atom. The van der Waals surface area contributed by atoms with Crippen molar-refractivity contribution in [1.82, 2.24) is 19.5 Å². The summed E-state index contributed by atoms with van der Waals surface area (Å²) in [6.07, 6.45) is -0.0375. The first-order chi connectivity index (χ1) is 18.5. The molecule has 0 radical (unpaired) electrons. The van der Waals surface area contributed by atoms with Gasteiger partial charge in [0.2, 0.25) is 0 Å². The first-order valence-corrected chi connectivity index (χ1v) is 13.0. The summed E-state index contributed by atoms with van der Waals surface area (Å²) in [6, 6.07) is 5.45. The van der Waals surface area contributed by atoms with Gasteiger partial charge in [-0.05, 0) is 38.7 Å². The topological polar surface area (TPSA) is 97.3 Å². The Labute approximate surface area is 222 Å². The molecule has 0 amide bonds. The molecule has 4 heterocycles. The van der Waals surface area contributed by atoms with Gasteiger partial charge >= 0.3 is 6.18 Å². The maximum Gasteiger partial charge on any atom is 0.440 e. The van der Waals surface area contributed by atoms with E-state index in [1.165, 1.54) is 50.5 Å². The van der Waals surface area contributed by atoms with E-state index in [4.69, 9.17) is 19.9 Å². The summed E-state index contributed by atoms with van der Waals surface area (Å²) in [7, 11) is 0. The predicted molar refractivity (Wildman–Crippen MR) is 132 cm³/mol. The van der Waals surface area contributed by atoms with Crippen LogP contribution in [0.25, 0.3) is 17.2 Å². The first-order valence-electron chi connectivity index (χ1n) is 13.0. The standard InChI is InChI=1S/C27H29F4N5O3/c1-25(2)38-22-18(12-11-15-7-5-6-10-17(15)28)37-26(23(22)39-25,27(29,30)31)36-14-35-21-20(33-13-34-24(21)36)19(32)16-8-3-4-9-16/h5-7,10-14,16,18-19,22-23H,3-4,8-9,32H2,1-2H3. The number of hydrogen-bond acceptors (Lipinski definition) is 7. The highest BCUT2D eigenvalue weighted by Gasteiger charge is 2.75. The van der Waals surface area contributed by atoms with Gasteiger partial charge in [0.05, 0.1) is 18.1 Å².